The molecule has 1 saturated heterocycles. The summed E-state index contributed by atoms with van der Waals surface area (Å²) >= 11 is 0. The van der Waals surface area contributed by atoms with Crippen LogP contribution in [0.4, 0.5) is 0 Å². The van der Waals surface area contributed by atoms with Gasteiger partial charge in [0.1, 0.15) is 0 Å². The van der Waals surface area contributed by atoms with Gasteiger partial charge < -0.3 is 5.32 Å². The largest absolute Gasteiger partial charge is 0.319 e. The lowest BCUT2D eigenvalue weighted by Gasteiger charge is -2.45. The fourth-order valence-electron chi connectivity index (χ4n) is 2.30. The van der Waals surface area contributed by atoms with Gasteiger partial charge in [0.25, 0.3) is 0 Å². The van der Waals surface area contributed by atoms with Gasteiger partial charge >= 0.3 is 0 Å². The van der Waals surface area contributed by atoms with E-state index in [2.05, 4.69) is 30.6 Å². The Morgan fingerprint density at radius 2 is 2.29 bits per heavy atom. The predicted octanol–water partition coefficient (Wildman–Crippen LogP) is 1.88. The van der Waals surface area contributed by atoms with Gasteiger partial charge in [-0.2, -0.15) is 0 Å². The van der Waals surface area contributed by atoms with Gasteiger partial charge in [-0.15, -0.1) is 6.58 Å². The van der Waals surface area contributed by atoms with Crippen LogP contribution in [0.5, 0.6) is 0 Å². The third-order valence-corrected chi connectivity index (χ3v) is 3.34. The highest BCUT2D eigenvalue weighted by molar-refractivity contribution is 4.92. The summed E-state index contributed by atoms with van der Waals surface area (Å²) in [5.41, 5.74) is 0.360. The molecule has 0 bridgehead atoms. The molecule has 0 amide bonds. The van der Waals surface area contributed by atoms with Crippen LogP contribution in [0.3, 0.4) is 0 Å². The monoisotopic (exact) mass is 196 g/mol. The zero-order valence-corrected chi connectivity index (χ0v) is 9.84. The lowest BCUT2D eigenvalue weighted by Crippen LogP contribution is -2.51. The summed E-state index contributed by atoms with van der Waals surface area (Å²) in [6, 6.07) is 0. The molecule has 82 valence electrons. The van der Waals surface area contributed by atoms with Crippen LogP contribution in [0.25, 0.3) is 0 Å². The van der Waals surface area contributed by atoms with Crippen molar-refractivity contribution in [2.45, 2.75) is 32.2 Å². The van der Waals surface area contributed by atoms with Gasteiger partial charge in [0.15, 0.2) is 0 Å². The third kappa shape index (κ3) is 2.82. The van der Waals surface area contributed by atoms with Crippen LogP contribution in [0, 0.1) is 5.92 Å². The van der Waals surface area contributed by atoms with E-state index < -0.39 is 0 Å². The normalized spacial score (nSPS) is 27.5. The summed E-state index contributed by atoms with van der Waals surface area (Å²) in [5.74, 6) is 0.813. The van der Waals surface area contributed by atoms with Crippen molar-refractivity contribution in [2.24, 2.45) is 5.92 Å². The van der Waals surface area contributed by atoms with Crippen LogP contribution in [0.2, 0.25) is 0 Å². The first-order valence-electron chi connectivity index (χ1n) is 5.60. The molecule has 1 unspecified atom stereocenters. The molecule has 0 aromatic rings. The molecule has 0 aliphatic carbocycles. The lowest BCUT2D eigenvalue weighted by molar-refractivity contribution is 0.0572. The summed E-state index contributed by atoms with van der Waals surface area (Å²) in [5, 5.41) is 3.27. The van der Waals surface area contributed by atoms with Crippen LogP contribution in [-0.2, 0) is 0 Å². The topological polar surface area (TPSA) is 15.3 Å². The van der Waals surface area contributed by atoms with Crippen LogP contribution < -0.4 is 5.32 Å². The summed E-state index contributed by atoms with van der Waals surface area (Å²) in [7, 11) is 2.04. The average molecular weight is 196 g/mol. The SMILES string of the molecule is C=CCN1CC(CNC)CCC1(C)C. The average Bonchev–Trinajstić information content (AvgIpc) is 2.12. The van der Waals surface area contributed by atoms with Gasteiger partial charge in [0.2, 0.25) is 0 Å². The lowest BCUT2D eigenvalue weighted by atomic mass is 9.84. The van der Waals surface area contributed by atoms with E-state index in [1.165, 1.54) is 19.4 Å². The number of nitrogens with one attached hydrogen (secondary N) is 1. The zero-order valence-electron chi connectivity index (χ0n) is 9.84. The molecule has 1 rings (SSSR count). The van der Waals surface area contributed by atoms with Crippen molar-refractivity contribution in [3.63, 3.8) is 0 Å². The van der Waals surface area contributed by atoms with Gasteiger partial charge in [-0.1, -0.05) is 6.08 Å². The van der Waals surface area contributed by atoms with Crippen molar-refractivity contribution >= 4 is 0 Å². The maximum atomic E-state index is 3.83. The Balaban J connectivity index is 2.53. The molecule has 2 nitrogen and oxygen atoms in total. The molecule has 0 spiro atoms. The van der Waals surface area contributed by atoms with E-state index in [1.807, 2.05) is 13.1 Å². The number of rotatable bonds is 4. The quantitative estimate of drug-likeness (QED) is 0.691. The molecule has 2 heteroatoms. The first kappa shape index (κ1) is 11.7. The van der Waals surface area contributed by atoms with Crippen molar-refractivity contribution < 1.29 is 0 Å². The highest BCUT2D eigenvalue weighted by Gasteiger charge is 2.32. The molecular formula is C12H24N2. The minimum absolute atomic E-state index is 0.360. The Labute approximate surface area is 88.4 Å². The predicted molar refractivity (Wildman–Crippen MR) is 62.5 cm³/mol. The Bertz CT molecular complexity index is 187. The second-order valence-electron chi connectivity index (χ2n) is 4.97. The number of likely N-dealkylation sites (tertiary alicyclic amines) is 1. The van der Waals surface area contributed by atoms with Crippen molar-refractivity contribution in [3.05, 3.63) is 12.7 Å². The number of nitrogens with zero attached hydrogens (tertiary/aromatic N) is 1. The van der Waals surface area contributed by atoms with E-state index >= 15 is 0 Å². The minimum atomic E-state index is 0.360. The highest BCUT2D eigenvalue weighted by Crippen LogP contribution is 2.29. The molecule has 1 aliphatic heterocycles. The molecular weight excluding hydrogens is 172 g/mol. The number of hydrogen-bond acceptors (Lipinski definition) is 2. The summed E-state index contributed by atoms with van der Waals surface area (Å²) in [6.07, 6.45) is 4.66. The molecule has 1 heterocycles. The smallest absolute Gasteiger partial charge is 0.0166 e. The summed E-state index contributed by atoms with van der Waals surface area (Å²) in [6.45, 7) is 11.9. The maximum absolute atomic E-state index is 3.83. The molecule has 1 fully saturated rings. The van der Waals surface area contributed by atoms with Crippen molar-refractivity contribution in [1.29, 1.82) is 0 Å². The van der Waals surface area contributed by atoms with Gasteiger partial charge in [-0.3, -0.25) is 4.90 Å². The molecule has 0 radical (unpaired) electrons. The highest BCUT2D eigenvalue weighted by atomic mass is 15.2. The zero-order chi connectivity index (χ0) is 10.6. The van der Waals surface area contributed by atoms with Crippen molar-refractivity contribution in [3.8, 4) is 0 Å². The summed E-state index contributed by atoms with van der Waals surface area (Å²) in [4.78, 5) is 2.55. The van der Waals surface area contributed by atoms with Gasteiger partial charge in [0, 0.05) is 18.6 Å². The summed E-state index contributed by atoms with van der Waals surface area (Å²) < 4.78 is 0. The molecule has 1 aliphatic rings. The van der Waals surface area contributed by atoms with E-state index in [0.29, 0.717) is 5.54 Å². The molecule has 0 aromatic heterocycles. The molecule has 0 aromatic carbocycles. The fourth-order valence-corrected chi connectivity index (χ4v) is 2.30. The van der Waals surface area contributed by atoms with E-state index in [-0.39, 0.29) is 0 Å². The van der Waals surface area contributed by atoms with E-state index in [0.717, 1.165) is 19.0 Å². The second kappa shape index (κ2) is 4.94. The number of hydrogen-bond donors (Lipinski definition) is 1. The van der Waals surface area contributed by atoms with Crippen molar-refractivity contribution in [1.82, 2.24) is 10.2 Å². The first-order valence-corrected chi connectivity index (χ1v) is 5.60. The van der Waals surface area contributed by atoms with Gasteiger partial charge in [-0.05, 0) is 46.2 Å². The Kier molecular flexibility index (Phi) is 4.14. The molecule has 1 N–H and O–H groups in total. The first-order chi connectivity index (χ1) is 6.60. The molecule has 1 atom stereocenters. The van der Waals surface area contributed by atoms with E-state index in [1.54, 1.807) is 0 Å². The van der Waals surface area contributed by atoms with Crippen LogP contribution in [-0.4, -0.2) is 37.1 Å². The minimum Gasteiger partial charge on any atom is -0.319 e. The third-order valence-electron chi connectivity index (χ3n) is 3.34. The van der Waals surface area contributed by atoms with E-state index in [4.69, 9.17) is 0 Å². The van der Waals surface area contributed by atoms with Crippen LogP contribution in [0.1, 0.15) is 26.7 Å². The van der Waals surface area contributed by atoms with Crippen LogP contribution in [0.15, 0.2) is 12.7 Å². The Morgan fingerprint density at radius 3 is 2.86 bits per heavy atom. The molecule has 0 saturated carbocycles. The van der Waals surface area contributed by atoms with Gasteiger partial charge in [0.05, 0.1) is 0 Å². The number of piperidine rings is 1. The van der Waals surface area contributed by atoms with Gasteiger partial charge in [-0.25, -0.2) is 0 Å². The van der Waals surface area contributed by atoms with Crippen molar-refractivity contribution in [2.75, 3.05) is 26.7 Å². The van der Waals surface area contributed by atoms with E-state index in [9.17, 15) is 0 Å². The standard InChI is InChI=1S/C12H24N2/c1-5-8-14-10-11(9-13-4)6-7-12(14,2)3/h5,11,13H,1,6-10H2,2-4H3. The Hall–Kier alpha value is -0.340. The second-order valence-corrected chi connectivity index (χ2v) is 4.97. The van der Waals surface area contributed by atoms with Crippen LogP contribution >= 0.6 is 0 Å². The molecule has 14 heavy (non-hydrogen) atoms. The maximum Gasteiger partial charge on any atom is 0.0166 e. The Morgan fingerprint density at radius 1 is 1.57 bits per heavy atom. The fraction of sp³-hybridized carbons (Fsp3) is 0.833.